The molecule has 4 heteroatoms. The highest BCUT2D eigenvalue weighted by Crippen LogP contribution is 2.28. The van der Waals surface area contributed by atoms with Gasteiger partial charge in [0.1, 0.15) is 0 Å². The minimum absolute atomic E-state index is 0.725. The number of hydrogen-bond donors (Lipinski definition) is 1. The number of nitrogens with two attached hydrogens (primary N) is 1. The van der Waals surface area contributed by atoms with E-state index in [2.05, 4.69) is 16.8 Å². The molecule has 0 aliphatic carbocycles. The summed E-state index contributed by atoms with van der Waals surface area (Å²) in [5.41, 5.74) is 6.73. The summed E-state index contributed by atoms with van der Waals surface area (Å²) in [5.74, 6) is 0. The number of anilines is 1. The maximum Gasteiger partial charge on any atom is 0.185 e. The molecule has 1 fully saturated rings. The Balaban J connectivity index is 2.14. The summed E-state index contributed by atoms with van der Waals surface area (Å²) >= 11 is 1.82. The standard InChI is InChI=1S/C10H17N3S/c1-8-9(4-5-11)14-10(12-8)13-6-2-3-7-13/h2-7,11H2,1H3. The molecule has 0 saturated carbocycles. The summed E-state index contributed by atoms with van der Waals surface area (Å²) in [4.78, 5) is 8.34. The highest BCUT2D eigenvalue weighted by Gasteiger charge is 2.17. The molecule has 1 aromatic heterocycles. The lowest BCUT2D eigenvalue weighted by molar-refractivity contribution is 0.944. The van der Waals surface area contributed by atoms with Crippen LogP contribution in [0.5, 0.6) is 0 Å². The van der Waals surface area contributed by atoms with Crippen LogP contribution in [0, 0.1) is 6.92 Å². The van der Waals surface area contributed by atoms with E-state index in [4.69, 9.17) is 5.73 Å². The first kappa shape index (κ1) is 9.93. The molecule has 14 heavy (non-hydrogen) atoms. The van der Waals surface area contributed by atoms with Crippen molar-refractivity contribution >= 4 is 16.5 Å². The van der Waals surface area contributed by atoms with Gasteiger partial charge in [0.15, 0.2) is 5.13 Å². The minimum atomic E-state index is 0.725. The number of nitrogens with zero attached hydrogens (tertiary/aromatic N) is 2. The molecule has 0 bridgehead atoms. The van der Waals surface area contributed by atoms with Crippen molar-refractivity contribution in [3.63, 3.8) is 0 Å². The van der Waals surface area contributed by atoms with Gasteiger partial charge in [-0.2, -0.15) is 0 Å². The second-order valence-corrected chi connectivity index (χ2v) is 4.80. The number of thiazole rings is 1. The zero-order valence-electron chi connectivity index (χ0n) is 8.62. The molecule has 0 amide bonds. The van der Waals surface area contributed by atoms with Crippen molar-refractivity contribution in [1.82, 2.24) is 4.98 Å². The Hall–Kier alpha value is -0.610. The lowest BCUT2D eigenvalue weighted by Crippen LogP contribution is -2.17. The van der Waals surface area contributed by atoms with Gasteiger partial charge in [0, 0.05) is 18.0 Å². The summed E-state index contributed by atoms with van der Waals surface area (Å²) in [6.07, 6.45) is 3.59. The molecule has 2 heterocycles. The van der Waals surface area contributed by atoms with E-state index in [-0.39, 0.29) is 0 Å². The second-order valence-electron chi connectivity index (χ2n) is 3.74. The van der Waals surface area contributed by atoms with Crippen molar-refractivity contribution in [2.24, 2.45) is 5.73 Å². The fourth-order valence-electron chi connectivity index (χ4n) is 1.82. The van der Waals surface area contributed by atoms with Gasteiger partial charge in [-0.15, -0.1) is 11.3 Å². The van der Waals surface area contributed by atoms with E-state index in [1.54, 1.807) is 0 Å². The minimum Gasteiger partial charge on any atom is -0.348 e. The van der Waals surface area contributed by atoms with Crippen LogP contribution in [0.4, 0.5) is 5.13 Å². The fraction of sp³-hybridized carbons (Fsp3) is 0.700. The van der Waals surface area contributed by atoms with Crippen LogP contribution in [0.15, 0.2) is 0 Å². The van der Waals surface area contributed by atoms with Gasteiger partial charge in [0.25, 0.3) is 0 Å². The third-order valence-corrected chi connectivity index (χ3v) is 3.91. The van der Waals surface area contributed by atoms with Gasteiger partial charge in [-0.1, -0.05) is 0 Å². The quantitative estimate of drug-likeness (QED) is 0.825. The van der Waals surface area contributed by atoms with E-state index < -0.39 is 0 Å². The van der Waals surface area contributed by atoms with Crippen LogP contribution in [-0.4, -0.2) is 24.6 Å². The van der Waals surface area contributed by atoms with Crippen molar-refractivity contribution in [2.75, 3.05) is 24.5 Å². The lowest BCUT2D eigenvalue weighted by Gasteiger charge is -2.12. The van der Waals surface area contributed by atoms with Crippen LogP contribution >= 0.6 is 11.3 Å². The molecule has 0 aromatic carbocycles. The molecule has 0 radical (unpaired) electrons. The van der Waals surface area contributed by atoms with E-state index in [0.717, 1.165) is 13.0 Å². The Labute approximate surface area is 88.9 Å². The molecule has 0 atom stereocenters. The molecule has 3 nitrogen and oxygen atoms in total. The van der Waals surface area contributed by atoms with Crippen LogP contribution in [0.25, 0.3) is 0 Å². The highest BCUT2D eigenvalue weighted by atomic mass is 32.1. The summed E-state index contributed by atoms with van der Waals surface area (Å²) in [6.45, 7) is 5.16. The molecule has 0 spiro atoms. The van der Waals surface area contributed by atoms with Gasteiger partial charge in [-0.25, -0.2) is 4.98 Å². The number of rotatable bonds is 3. The molecular weight excluding hydrogens is 194 g/mol. The number of aromatic nitrogens is 1. The summed E-state index contributed by atoms with van der Waals surface area (Å²) in [7, 11) is 0. The zero-order chi connectivity index (χ0) is 9.97. The van der Waals surface area contributed by atoms with Crippen LogP contribution in [0.1, 0.15) is 23.4 Å². The van der Waals surface area contributed by atoms with Crippen LogP contribution in [0.2, 0.25) is 0 Å². The molecule has 1 aliphatic rings. The van der Waals surface area contributed by atoms with Crippen molar-refractivity contribution in [3.8, 4) is 0 Å². The molecule has 1 saturated heterocycles. The van der Waals surface area contributed by atoms with Crippen molar-refractivity contribution in [3.05, 3.63) is 10.6 Å². The van der Waals surface area contributed by atoms with E-state index in [9.17, 15) is 0 Å². The SMILES string of the molecule is Cc1nc(N2CCCC2)sc1CCN. The van der Waals surface area contributed by atoms with Gasteiger partial charge in [-0.05, 0) is 32.7 Å². The van der Waals surface area contributed by atoms with Gasteiger partial charge in [0.2, 0.25) is 0 Å². The molecular formula is C10H17N3S. The van der Waals surface area contributed by atoms with Crippen LogP contribution in [0.3, 0.4) is 0 Å². The van der Waals surface area contributed by atoms with Crippen molar-refractivity contribution in [1.29, 1.82) is 0 Å². The second kappa shape index (κ2) is 4.28. The Bertz CT molecular complexity index is 302. The first-order valence-electron chi connectivity index (χ1n) is 5.22. The lowest BCUT2D eigenvalue weighted by atomic mass is 10.3. The van der Waals surface area contributed by atoms with Gasteiger partial charge >= 0.3 is 0 Å². The van der Waals surface area contributed by atoms with E-state index in [1.165, 1.54) is 41.6 Å². The maximum absolute atomic E-state index is 5.56. The molecule has 78 valence electrons. The van der Waals surface area contributed by atoms with E-state index in [0.29, 0.717) is 0 Å². The zero-order valence-corrected chi connectivity index (χ0v) is 9.44. The average molecular weight is 211 g/mol. The predicted octanol–water partition coefficient (Wildman–Crippen LogP) is 1.55. The normalized spacial score (nSPS) is 16.6. The molecule has 1 aliphatic heterocycles. The molecule has 0 unspecified atom stereocenters. The van der Waals surface area contributed by atoms with Gasteiger partial charge in [0.05, 0.1) is 5.69 Å². The monoisotopic (exact) mass is 211 g/mol. The summed E-state index contributed by atoms with van der Waals surface area (Å²) in [6, 6.07) is 0. The molecule has 1 aromatic rings. The van der Waals surface area contributed by atoms with E-state index in [1.807, 2.05) is 11.3 Å². The largest absolute Gasteiger partial charge is 0.348 e. The Morgan fingerprint density at radius 1 is 1.43 bits per heavy atom. The first-order valence-corrected chi connectivity index (χ1v) is 6.04. The Kier molecular flexibility index (Phi) is 3.03. The van der Waals surface area contributed by atoms with Gasteiger partial charge < -0.3 is 10.6 Å². The maximum atomic E-state index is 5.56. The predicted molar refractivity (Wildman–Crippen MR) is 61.1 cm³/mol. The highest BCUT2D eigenvalue weighted by molar-refractivity contribution is 7.15. The van der Waals surface area contributed by atoms with E-state index >= 15 is 0 Å². The number of hydrogen-bond acceptors (Lipinski definition) is 4. The Morgan fingerprint density at radius 3 is 2.79 bits per heavy atom. The molecule has 2 N–H and O–H groups in total. The average Bonchev–Trinajstić information content (AvgIpc) is 2.76. The number of aryl methyl sites for hydroxylation is 1. The fourth-order valence-corrected chi connectivity index (χ4v) is 2.95. The van der Waals surface area contributed by atoms with Gasteiger partial charge in [-0.3, -0.25) is 0 Å². The summed E-state index contributed by atoms with van der Waals surface area (Å²) in [5, 5.41) is 1.20. The molecule has 2 rings (SSSR count). The van der Waals surface area contributed by atoms with Crippen LogP contribution in [-0.2, 0) is 6.42 Å². The van der Waals surface area contributed by atoms with Crippen molar-refractivity contribution in [2.45, 2.75) is 26.2 Å². The van der Waals surface area contributed by atoms with Crippen molar-refractivity contribution < 1.29 is 0 Å². The third kappa shape index (κ3) is 1.91. The van der Waals surface area contributed by atoms with Crippen LogP contribution < -0.4 is 10.6 Å². The third-order valence-electron chi connectivity index (χ3n) is 2.63. The topological polar surface area (TPSA) is 42.2 Å². The Morgan fingerprint density at radius 2 is 2.14 bits per heavy atom. The summed E-state index contributed by atoms with van der Waals surface area (Å²) < 4.78 is 0. The first-order chi connectivity index (χ1) is 6.81. The smallest absolute Gasteiger partial charge is 0.185 e.